The summed E-state index contributed by atoms with van der Waals surface area (Å²) in [5.74, 6) is 0.674. The molecule has 2 fully saturated rings. The molecule has 0 amide bonds. The standard InChI is InChI=1S/C17H22O3/c18-11-16(14-4-2-1-3-5-14)17(19)20-15-9-12-6-7-13(8-12)10-15/h1-5,12-13,15-16,18H,6-11H2/t12-,13+,15-,16?. The highest BCUT2D eigenvalue weighted by Crippen LogP contribution is 2.43. The number of ether oxygens (including phenoxy) is 1. The van der Waals surface area contributed by atoms with Crippen LogP contribution in [0.4, 0.5) is 0 Å². The molecule has 1 unspecified atom stereocenters. The maximum absolute atomic E-state index is 12.3. The Morgan fingerprint density at radius 2 is 1.80 bits per heavy atom. The van der Waals surface area contributed by atoms with Gasteiger partial charge in [-0.15, -0.1) is 0 Å². The number of carbonyl (C=O) groups excluding carboxylic acids is 1. The second kappa shape index (κ2) is 5.96. The molecule has 20 heavy (non-hydrogen) atoms. The minimum atomic E-state index is -0.546. The van der Waals surface area contributed by atoms with Crippen molar-refractivity contribution in [3.8, 4) is 0 Å². The predicted octanol–water partition coefficient (Wildman–Crippen LogP) is 2.88. The molecule has 0 heterocycles. The molecule has 0 aromatic heterocycles. The van der Waals surface area contributed by atoms with E-state index >= 15 is 0 Å². The molecule has 2 saturated carbocycles. The molecule has 0 aliphatic heterocycles. The van der Waals surface area contributed by atoms with Gasteiger partial charge < -0.3 is 9.84 Å². The highest BCUT2D eigenvalue weighted by atomic mass is 16.5. The molecule has 2 bridgehead atoms. The highest BCUT2D eigenvalue weighted by molar-refractivity contribution is 5.78. The number of hydrogen-bond acceptors (Lipinski definition) is 3. The van der Waals surface area contributed by atoms with Crippen LogP contribution in [0.1, 0.15) is 43.6 Å². The Morgan fingerprint density at radius 1 is 1.15 bits per heavy atom. The van der Waals surface area contributed by atoms with Crippen LogP contribution in [-0.4, -0.2) is 23.8 Å². The van der Waals surface area contributed by atoms with E-state index in [1.165, 1.54) is 19.3 Å². The molecule has 1 aromatic rings. The van der Waals surface area contributed by atoms with E-state index in [1.807, 2.05) is 30.3 Å². The van der Waals surface area contributed by atoms with E-state index in [9.17, 15) is 9.90 Å². The summed E-state index contributed by atoms with van der Waals surface area (Å²) >= 11 is 0. The molecular weight excluding hydrogens is 252 g/mol. The summed E-state index contributed by atoms with van der Waals surface area (Å²) in [4.78, 5) is 12.3. The maximum atomic E-state index is 12.3. The van der Waals surface area contributed by atoms with E-state index in [4.69, 9.17) is 4.74 Å². The maximum Gasteiger partial charge on any atom is 0.316 e. The van der Waals surface area contributed by atoms with Crippen molar-refractivity contribution < 1.29 is 14.6 Å². The van der Waals surface area contributed by atoms with Crippen LogP contribution in [0.3, 0.4) is 0 Å². The third-order valence-corrected chi connectivity index (χ3v) is 4.79. The van der Waals surface area contributed by atoms with Crippen molar-refractivity contribution in [3.05, 3.63) is 35.9 Å². The van der Waals surface area contributed by atoms with Gasteiger partial charge in [0.15, 0.2) is 0 Å². The van der Waals surface area contributed by atoms with E-state index in [0.29, 0.717) is 0 Å². The summed E-state index contributed by atoms with van der Waals surface area (Å²) < 4.78 is 5.68. The van der Waals surface area contributed by atoms with Gasteiger partial charge in [-0.1, -0.05) is 43.2 Å². The first-order valence-corrected chi connectivity index (χ1v) is 7.62. The average Bonchev–Trinajstić information content (AvgIpc) is 2.80. The SMILES string of the molecule is O=C(O[C@@H]1C[C@@H]2CC[C@@H](C2)C1)C(CO)c1ccccc1. The molecule has 0 spiro atoms. The lowest BCUT2D eigenvalue weighted by molar-refractivity contribution is -0.154. The van der Waals surface area contributed by atoms with Gasteiger partial charge in [0.2, 0.25) is 0 Å². The van der Waals surface area contributed by atoms with Crippen molar-refractivity contribution >= 4 is 5.97 Å². The zero-order chi connectivity index (χ0) is 13.9. The van der Waals surface area contributed by atoms with Gasteiger partial charge >= 0.3 is 5.97 Å². The first kappa shape index (κ1) is 13.6. The number of esters is 1. The summed E-state index contributed by atoms with van der Waals surface area (Å²) in [7, 11) is 0. The summed E-state index contributed by atoms with van der Waals surface area (Å²) in [5.41, 5.74) is 0.832. The fourth-order valence-corrected chi connectivity index (χ4v) is 3.79. The number of aliphatic hydroxyl groups excluding tert-OH is 1. The largest absolute Gasteiger partial charge is 0.462 e. The minimum absolute atomic E-state index is 0.0616. The highest BCUT2D eigenvalue weighted by Gasteiger charge is 2.36. The average molecular weight is 274 g/mol. The van der Waals surface area contributed by atoms with Gasteiger partial charge in [-0.25, -0.2) is 0 Å². The van der Waals surface area contributed by atoms with Crippen LogP contribution in [0.15, 0.2) is 30.3 Å². The lowest BCUT2D eigenvalue weighted by Crippen LogP contribution is -2.29. The monoisotopic (exact) mass is 274 g/mol. The normalized spacial score (nSPS) is 29.9. The van der Waals surface area contributed by atoms with Crippen molar-refractivity contribution in [1.29, 1.82) is 0 Å². The summed E-state index contributed by atoms with van der Waals surface area (Å²) in [5, 5.41) is 9.49. The van der Waals surface area contributed by atoms with Crippen molar-refractivity contribution in [1.82, 2.24) is 0 Å². The lowest BCUT2D eigenvalue weighted by atomic mass is 9.87. The van der Waals surface area contributed by atoms with Crippen molar-refractivity contribution in [2.24, 2.45) is 11.8 Å². The zero-order valence-electron chi connectivity index (χ0n) is 11.7. The molecule has 2 aliphatic rings. The van der Waals surface area contributed by atoms with Crippen LogP contribution in [-0.2, 0) is 9.53 Å². The van der Waals surface area contributed by atoms with E-state index in [-0.39, 0.29) is 18.7 Å². The Hall–Kier alpha value is -1.35. The van der Waals surface area contributed by atoms with Crippen LogP contribution >= 0.6 is 0 Å². The molecule has 3 rings (SSSR count). The van der Waals surface area contributed by atoms with Crippen molar-refractivity contribution in [2.75, 3.05) is 6.61 Å². The molecule has 4 atom stereocenters. The molecule has 1 aromatic carbocycles. The third kappa shape index (κ3) is 2.88. The van der Waals surface area contributed by atoms with Gasteiger partial charge in [0.1, 0.15) is 12.0 Å². The van der Waals surface area contributed by atoms with Crippen LogP contribution in [0.2, 0.25) is 0 Å². The van der Waals surface area contributed by atoms with E-state index in [1.54, 1.807) is 0 Å². The minimum Gasteiger partial charge on any atom is -0.462 e. The predicted molar refractivity (Wildman–Crippen MR) is 76.2 cm³/mol. The first-order valence-electron chi connectivity index (χ1n) is 7.62. The number of aliphatic hydroxyl groups is 1. The fraction of sp³-hybridized carbons (Fsp3) is 0.588. The smallest absolute Gasteiger partial charge is 0.316 e. The Bertz CT molecular complexity index is 445. The number of benzene rings is 1. The molecule has 3 nitrogen and oxygen atoms in total. The fourth-order valence-electron chi connectivity index (χ4n) is 3.79. The van der Waals surface area contributed by atoms with Gasteiger partial charge in [-0.3, -0.25) is 4.79 Å². The van der Waals surface area contributed by atoms with Crippen LogP contribution in [0, 0.1) is 11.8 Å². The molecule has 1 N–H and O–H groups in total. The molecular formula is C17H22O3. The van der Waals surface area contributed by atoms with E-state index < -0.39 is 5.92 Å². The molecule has 0 saturated heterocycles. The second-order valence-corrected chi connectivity index (χ2v) is 6.22. The van der Waals surface area contributed by atoms with Gasteiger partial charge in [-0.2, -0.15) is 0 Å². The van der Waals surface area contributed by atoms with Crippen LogP contribution < -0.4 is 0 Å². The van der Waals surface area contributed by atoms with E-state index in [2.05, 4.69) is 0 Å². The van der Waals surface area contributed by atoms with Gasteiger partial charge in [0.05, 0.1) is 6.61 Å². The topological polar surface area (TPSA) is 46.5 Å². The van der Waals surface area contributed by atoms with E-state index in [0.717, 1.165) is 30.2 Å². The second-order valence-electron chi connectivity index (χ2n) is 6.22. The first-order chi connectivity index (χ1) is 9.76. The molecule has 108 valence electrons. The van der Waals surface area contributed by atoms with Crippen molar-refractivity contribution in [2.45, 2.75) is 44.1 Å². The van der Waals surface area contributed by atoms with Gasteiger partial charge in [-0.05, 0) is 36.7 Å². The van der Waals surface area contributed by atoms with Gasteiger partial charge in [0, 0.05) is 0 Å². The number of hydrogen-bond donors (Lipinski definition) is 1. The molecule has 2 aliphatic carbocycles. The van der Waals surface area contributed by atoms with Gasteiger partial charge in [0.25, 0.3) is 0 Å². The number of rotatable bonds is 4. The molecule has 0 radical (unpaired) electrons. The van der Waals surface area contributed by atoms with Crippen LogP contribution in [0.25, 0.3) is 0 Å². The Kier molecular flexibility index (Phi) is 4.06. The Balaban J connectivity index is 1.63. The quantitative estimate of drug-likeness (QED) is 0.859. The molecule has 3 heteroatoms. The number of carbonyl (C=O) groups is 1. The summed E-state index contributed by atoms with van der Waals surface area (Å²) in [6.07, 6.45) is 5.98. The number of fused-ring (bicyclic) bond motifs is 2. The lowest BCUT2D eigenvalue weighted by Gasteiger charge is -2.28. The summed E-state index contributed by atoms with van der Waals surface area (Å²) in [6.45, 7) is -0.192. The summed E-state index contributed by atoms with van der Waals surface area (Å²) in [6, 6.07) is 9.40. The third-order valence-electron chi connectivity index (χ3n) is 4.79. The Labute approximate surface area is 120 Å². The van der Waals surface area contributed by atoms with Crippen LogP contribution in [0.5, 0.6) is 0 Å². The zero-order valence-corrected chi connectivity index (χ0v) is 11.7. The van der Waals surface area contributed by atoms with Crippen molar-refractivity contribution in [3.63, 3.8) is 0 Å². The Morgan fingerprint density at radius 3 is 2.40 bits per heavy atom.